The summed E-state index contributed by atoms with van der Waals surface area (Å²) in [6, 6.07) is 0. The van der Waals surface area contributed by atoms with Crippen molar-refractivity contribution in [3.05, 3.63) is 0 Å². The van der Waals surface area contributed by atoms with Crippen LogP contribution in [0.4, 0.5) is 0 Å². The van der Waals surface area contributed by atoms with Gasteiger partial charge in [0.15, 0.2) is 0 Å². The molecule has 0 bridgehead atoms. The quantitative estimate of drug-likeness (QED) is 0.734. The van der Waals surface area contributed by atoms with Gasteiger partial charge in [0.05, 0.1) is 17.5 Å². The van der Waals surface area contributed by atoms with Gasteiger partial charge < -0.3 is 10.1 Å². The SMILES string of the molecule is CC1(C)CN(S(=O)(=O)C2CCNC2)CCO1. The second-order valence-electron chi connectivity index (χ2n) is 5.10. The Kier molecular flexibility index (Phi) is 3.27. The van der Waals surface area contributed by atoms with E-state index in [0.29, 0.717) is 26.2 Å². The van der Waals surface area contributed by atoms with Crippen LogP contribution < -0.4 is 5.32 Å². The molecule has 1 atom stereocenters. The zero-order valence-corrected chi connectivity index (χ0v) is 10.7. The van der Waals surface area contributed by atoms with Gasteiger partial charge >= 0.3 is 0 Å². The maximum atomic E-state index is 12.3. The molecule has 94 valence electrons. The molecule has 1 unspecified atom stereocenters. The van der Waals surface area contributed by atoms with Crippen LogP contribution in [0.1, 0.15) is 20.3 Å². The Morgan fingerprint density at radius 2 is 2.19 bits per heavy atom. The van der Waals surface area contributed by atoms with Crippen LogP contribution in [0.3, 0.4) is 0 Å². The summed E-state index contributed by atoms with van der Waals surface area (Å²) in [6.45, 7) is 6.70. The topological polar surface area (TPSA) is 58.6 Å². The van der Waals surface area contributed by atoms with E-state index >= 15 is 0 Å². The van der Waals surface area contributed by atoms with Crippen molar-refractivity contribution in [3.63, 3.8) is 0 Å². The first-order valence-corrected chi connectivity index (χ1v) is 7.26. The van der Waals surface area contributed by atoms with Crippen molar-refractivity contribution in [2.45, 2.75) is 31.1 Å². The zero-order valence-electron chi connectivity index (χ0n) is 9.90. The Morgan fingerprint density at radius 3 is 2.75 bits per heavy atom. The molecular formula is C10H20N2O3S. The molecule has 0 amide bonds. The molecule has 5 nitrogen and oxygen atoms in total. The molecule has 2 heterocycles. The predicted octanol–water partition coefficient (Wildman–Crippen LogP) is -0.211. The van der Waals surface area contributed by atoms with E-state index in [1.807, 2.05) is 13.8 Å². The van der Waals surface area contributed by atoms with Crippen molar-refractivity contribution in [1.82, 2.24) is 9.62 Å². The van der Waals surface area contributed by atoms with Crippen LogP contribution in [0.25, 0.3) is 0 Å². The van der Waals surface area contributed by atoms with Crippen molar-refractivity contribution in [1.29, 1.82) is 0 Å². The van der Waals surface area contributed by atoms with E-state index in [4.69, 9.17) is 4.74 Å². The number of sulfonamides is 1. The third-order valence-electron chi connectivity index (χ3n) is 3.19. The highest BCUT2D eigenvalue weighted by atomic mass is 32.2. The lowest BCUT2D eigenvalue weighted by Gasteiger charge is -2.38. The molecule has 0 saturated carbocycles. The lowest BCUT2D eigenvalue weighted by Crippen LogP contribution is -2.53. The second kappa shape index (κ2) is 4.25. The van der Waals surface area contributed by atoms with E-state index in [2.05, 4.69) is 5.32 Å². The molecule has 16 heavy (non-hydrogen) atoms. The van der Waals surface area contributed by atoms with Crippen molar-refractivity contribution in [3.8, 4) is 0 Å². The fourth-order valence-corrected chi connectivity index (χ4v) is 4.27. The number of nitrogens with zero attached hydrogens (tertiary/aromatic N) is 1. The molecule has 0 aromatic rings. The molecule has 0 radical (unpaired) electrons. The number of rotatable bonds is 2. The first kappa shape index (κ1) is 12.3. The monoisotopic (exact) mass is 248 g/mol. The molecule has 6 heteroatoms. The average molecular weight is 248 g/mol. The number of hydrogen-bond donors (Lipinski definition) is 1. The van der Waals surface area contributed by atoms with Gasteiger partial charge in [-0.2, -0.15) is 4.31 Å². The van der Waals surface area contributed by atoms with Crippen molar-refractivity contribution in [2.24, 2.45) is 0 Å². The standard InChI is InChI=1S/C10H20N2O3S/c1-10(2)8-12(5-6-15-10)16(13,14)9-3-4-11-7-9/h9,11H,3-8H2,1-2H3. The minimum atomic E-state index is -3.14. The number of morpholine rings is 1. The van der Waals surface area contributed by atoms with Gasteiger partial charge in [-0.1, -0.05) is 0 Å². The van der Waals surface area contributed by atoms with E-state index in [0.717, 1.165) is 13.0 Å². The lowest BCUT2D eigenvalue weighted by molar-refractivity contribution is -0.0642. The molecule has 0 aliphatic carbocycles. The number of ether oxygens (including phenoxy) is 1. The number of nitrogens with one attached hydrogen (secondary N) is 1. The first-order chi connectivity index (χ1) is 7.42. The highest BCUT2D eigenvalue weighted by Gasteiger charge is 2.39. The largest absolute Gasteiger partial charge is 0.373 e. The van der Waals surface area contributed by atoms with E-state index in [1.54, 1.807) is 4.31 Å². The lowest BCUT2D eigenvalue weighted by atomic mass is 10.1. The maximum Gasteiger partial charge on any atom is 0.218 e. The summed E-state index contributed by atoms with van der Waals surface area (Å²) in [4.78, 5) is 0. The van der Waals surface area contributed by atoms with Crippen molar-refractivity contribution < 1.29 is 13.2 Å². The molecule has 2 rings (SSSR count). The molecule has 0 aromatic heterocycles. The van der Waals surface area contributed by atoms with Crippen molar-refractivity contribution >= 4 is 10.0 Å². The molecule has 2 fully saturated rings. The summed E-state index contributed by atoms with van der Waals surface area (Å²) >= 11 is 0. The van der Waals surface area contributed by atoms with E-state index in [1.165, 1.54) is 0 Å². The van der Waals surface area contributed by atoms with Crippen LogP contribution in [0.15, 0.2) is 0 Å². The van der Waals surface area contributed by atoms with Crippen LogP contribution in [0.2, 0.25) is 0 Å². The Morgan fingerprint density at radius 1 is 1.44 bits per heavy atom. The summed E-state index contributed by atoms with van der Waals surface area (Å²) in [7, 11) is -3.14. The fourth-order valence-electron chi connectivity index (χ4n) is 2.28. The van der Waals surface area contributed by atoms with Crippen LogP contribution in [0, 0.1) is 0 Å². The zero-order chi connectivity index (χ0) is 11.8. The molecule has 2 saturated heterocycles. The summed E-state index contributed by atoms with van der Waals surface area (Å²) in [6.07, 6.45) is 0.722. The van der Waals surface area contributed by atoms with E-state index < -0.39 is 10.0 Å². The highest BCUT2D eigenvalue weighted by molar-refractivity contribution is 7.89. The Hall–Kier alpha value is -0.170. The summed E-state index contributed by atoms with van der Waals surface area (Å²) in [5, 5.41) is 2.85. The van der Waals surface area contributed by atoms with Gasteiger partial charge in [0.1, 0.15) is 0 Å². The highest BCUT2D eigenvalue weighted by Crippen LogP contribution is 2.23. The molecular weight excluding hydrogens is 228 g/mol. The molecule has 0 aromatic carbocycles. The van der Waals surface area contributed by atoms with Crippen LogP contribution in [-0.4, -0.2) is 56.4 Å². The molecule has 2 aliphatic heterocycles. The van der Waals surface area contributed by atoms with Gasteiger partial charge in [0.2, 0.25) is 10.0 Å². The van der Waals surface area contributed by atoms with Crippen LogP contribution >= 0.6 is 0 Å². The fraction of sp³-hybridized carbons (Fsp3) is 1.00. The normalized spacial score (nSPS) is 31.8. The molecule has 0 spiro atoms. The Balaban J connectivity index is 2.11. The van der Waals surface area contributed by atoms with Gasteiger partial charge in [-0.3, -0.25) is 0 Å². The van der Waals surface area contributed by atoms with Gasteiger partial charge in [-0.25, -0.2) is 8.42 Å². The summed E-state index contributed by atoms with van der Waals surface area (Å²) in [5.74, 6) is 0. The average Bonchev–Trinajstić information content (AvgIpc) is 2.69. The Labute approximate surface area is 97.2 Å². The number of hydrogen-bond acceptors (Lipinski definition) is 4. The smallest absolute Gasteiger partial charge is 0.218 e. The predicted molar refractivity (Wildman–Crippen MR) is 61.8 cm³/mol. The van der Waals surface area contributed by atoms with Crippen LogP contribution in [0.5, 0.6) is 0 Å². The van der Waals surface area contributed by atoms with Gasteiger partial charge in [-0.15, -0.1) is 0 Å². The second-order valence-corrected chi connectivity index (χ2v) is 7.31. The molecule has 2 aliphatic rings. The molecule has 1 N–H and O–H groups in total. The van der Waals surface area contributed by atoms with E-state index in [9.17, 15) is 8.42 Å². The first-order valence-electron chi connectivity index (χ1n) is 5.75. The minimum absolute atomic E-state index is 0.249. The summed E-state index contributed by atoms with van der Waals surface area (Å²) in [5.41, 5.74) is -0.364. The van der Waals surface area contributed by atoms with Crippen LogP contribution in [-0.2, 0) is 14.8 Å². The van der Waals surface area contributed by atoms with Gasteiger partial charge in [-0.05, 0) is 26.8 Å². The minimum Gasteiger partial charge on any atom is -0.373 e. The van der Waals surface area contributed by atoms with Gasteiger partial charge in [0.25, 0.3) is 0 Å². The third kappa shape index (κ3) is 2.40. The maximum absolute atomic E-state index is 12.3. The van der Waals surface area contributed by atoms with E-state index in [-0.39, 0.29) is 10.9 Å². The summed E-state index contributed by atoms with van der Waals surface area (Å²) < 4.78 is 31.7. The third-order valence-corrected chi connectivity index (χ3v) is 5.46. The Bertz CT molecular complexity index is 347. The van der Waals surface area contributed by atoms with Gasteiger partial charge in [0, 0.05) is 19.6 Å². The van der Waals surface area contributed by atoms with Crippen molar-refractivity contribution in [2.75, 3.05) is 32.8 Å².